The van der Waals surface area contributed by atoms with Crippen LogP contribution in [0.5, 0.6) is 0 Å². The highest BCUT2D eigenvalue weighted by Gasteiger charge is 2.42. The van der Waals surface area contributed by atoms with E-state index in [1.54, 1.807) is 18.7 Å². The average Bonchev–Trinajstić information content (AvgIpc) is 3.21. The lowest BCUT2D eigenvalue weighted by atomic mass is 9.90. The Balaban J connectivity index is 1.53. The third kappa shape index (κ3) is 4.29. The number of aliphatic carboxylic acids is 1. The van der Waals surface area contributed by atoms with Crippen molar-refractivity contribution in [3.8, 4) is 0 Å². The number of nitrogens with one attached hydrogen (secondary N) is 1. The smallest absolute Gasteiger partial charge is 0.323 e. The van der Waals surface area contributed by atoms with Gasteiger partial charge < -0.3 is 10.0 Å². The number of hydrogen-bond donors (Lipinski definition) is 2. The molecular formula is C16H18N4O3S2. The van der Waals surface area contributed by atoms with Crippen LogP contribution in [0.3, 0.4) is 0 Å². The molecule has 25 heavy (non-hydrogen) atoms. The maximum atomic E-state index is 12.3. The number of hydrogen-bond acceptors (Lipinski definition) is 6. The van der Waals surface area contributed by atoms with Crippen molar-refractivity contribution in [2.45, 2.75) is 23.4 Å². The quantitative estimate of drug-likeness (QED) is 0.613. The number of urea groups is 1. The summed E-state index contributed by atoms with van der Waals surface area (Å²) in [6, 6.07) is 9.71. The van der Waals surface area contributed by atoms with Crippen LogP contribution in [0.1, 0.15) is 18.9 Å². The van der Waals surface area contributed by atoms with Crippen molar-refractivity contribution in [1.29, 1.82) is 0 Å². The summed E-state index contributed by atoms with van der Waals surface area (Å²) in [5.74, 6) is -0.0923. The second-order valence-electron chi connectivity index (χ2n) is 6.11. The molecule has 1 aliphatic rings. The molecule has 0 spiro atoms. The van der Waals surface area contributed by atoms with Gasteiger partial charge in [-0.2, -0.15) is 0 Å². The lowest BCUT2D eigenvalue weighted by molar-refractivity contribution is -0.146. The summed E-state index contributed by atoms with van der Waals surface area (Å²) >= 11 is 2.87. The van der Waals surface area contributed by atoms with Crippen LogP contribution >= 0.6 is 23.1 Å². The SMILES string of the molecule is CC1(C(=O)O)CCN(C(=O)Nc2nnc(SCc3ccccc3)s2)C1. The predicted octanol–water partition coefficient (Wildman–Crippen LogP) is 3.16. The first kappa shape index (κ1) is 17.7. The highest BCUT2D eigenvalue weighted by atomic mass is 32.2. The fourth-order valence-electron chi connectivity index (χ4n) is 2.52. The fraction of sp³-hybridized carbons (Fsp3) is 0.375. The summed E-state index contributed by atoms with van der Waals surface area (Å²) in [4.78, 5) is 25.0. The fourth-order valence-corrected chi connectivity index (χ4v) is 4.21. The lowest BCUT2D eigenvalue weighted by Gasteiger charge is -2.19. The second kappa shape index (κ2) is 7.40. The molecule has 1 fully saturated rings. The Morgan fingerprint density at radius 1 is 1.36 bits per heavy atom. The van der Waals surface area contributed by atoms with Crippen LogP contribution in [-0.2, 0) is 10.5 Å². The van der Waals surface area contributed by atoms with Gasteiger partial charge in [-0.05, 0) is 18.9 Å². The van der Waals surface area contributed by atoms with Crippen LogP contribution in [0.2, 0.25) is 0 Å². The molecule has 2 amide bonds. The van der Waals surface area contributed by atoms with Crippen LogP contribution < -0.4 is 5.32 Å². The Morgan fingerprint density at radius 3 is 2.80 bits per heavy atom. The highest BCUT2D eigenvalue weighted by Crippen LogP contribution is 2.31. The summed E-state index contributed by atoms with van der Waals surface area (Å²) in [6.07, 6.45) is 0.448. The van der Waals surface area contributed by atoms with E-state index in [9.17, 15) is 14.7 Å². The Kier molecular flexibility index (Phi) is 5.24. The molecule has 0 aliphatic carbocycles. The molecule has 0 saturated carbocycles. The number of carboxylic acid groups (broad SMARTS) is 1. The van der Waals surface area contributed by atoms with E-state index in [0.717, 1.165) is 10.1 Å². The van der Waals surface area contributed by atoms with Gasteiger partial charge in [0.15, 0.2) is 4.34 Å². The number of anilines is 1. The molecule has 1 aliphatic heterocycles. The van der Waals surface area contributed by atoms with Crippen molar-refractivity contribution in [3.63, 3.8) is 0 Å². The number of likely N-dealkylation sites (tertiary alicyclic amines) is 1. The van der Waals surface area contributed by atoms with E-state index in [1.807, 2.05) is 30.3 Å². The Labute approximate surface area is 153 Å². The van der Waals surface area contributed by atoms with E-state index in [4.69, 9.17) is 0 Å². The monoisotopic (exact) mass is 378 g/mol. The van der Waals surface area contributed by atoms with Gasteiger partial charge in [0, 0.05) is 18.8 Å². The Hall–Kier alpha value is -2.13. The summed E-state index contributed by atoms with van der Waals surface area (Å²) in [5.41, 5.74) is 0.313. The molecule has 3 rings (SSSR count). The minimum absolute atomic E-state index is 0.197. The maximum absolute atomic E-state index is 12.3. The summed E-state index contributed by atoms with van der Waals surface area (Å²) in [6.45, 7) is 2.28. The molecule has 7 nitrogen and oxygen atoms in total. The number of amides is 2. The van der Waals surface area contributed by atoms with Gasteiger partial charge in [-0.15, -0.1) is 10.2 Å². The van der Waals surface area contributed by atoms with Crippen LogP contribution in [0, 0.1) is 5.41 Å². The lowest BCUT2D eigenvalue weighted by Crippen LogP contribution is -2.37. The molecule has 1 aromatic carbocycles. The molecule has 1 atom stereocenters. The van der Waals surface area contributed by atoms with Gasteiger partial charge >= 0.3 is 12.0 Å². The van der Waals surface area contributed by atoms with Gasteiger partial charge in [0.2, 0.25) is 5.13 Å². The van der Waals surface area contributed by atoms with Gasteiger partial charge in [-0.3, -0.25) is 10.1 Å². The third-order valence-corrected chi connectivity index (χ3v) is 6.15. The number of aromatic nitrogens is 2. The molecule has 1 aromatic heterocycles. The van der Waals surface area contributed by atoms with Crippen molar-refractivity contribution in [1.82, 2.24) is 15.1 Å². The zero-order chi connectivity index (χ0) is 17.9. The van der Waals surface area contributed by atoms with E-state index < -0.39 is 11.4 Å². The zero-order valence-corrected chi connectivity index (χ0v) is 15.3. The number of carboxylic acids is 1. The van der Waals surface area contributed by atoms with Gasteiger partial charge in [-0.25, -0.2) is 4.79 Å². The molecule has 2 N–H and O–H groups in total. The van der Waals surface area contributed by atoms with Gasteiger partial charge in [0.25, 0.3) is 0 Å². The first-order chi connectivity index (χ1) is 12.0. The largest absolute Gasteiger partial charge is 0.481 e. The van der Waals surface area contributed by atoms with Gasteiger partial charge in [0.1, 0.15) is 0 Å². The van der Waals surface area contributed by atoms with E-state index in [-0.39, 0.29) is 12.6 Å². The number of nitrogens with zero attached hydrogens (tertiary/aromatic N) is 3. The van der Waals surface area contributed by atoms with Crippen LogP contribution in [0.15, 0.2) is 34.7 Å². The normalized spacial score (nSPS) is 19.8. The molecule has 132 valence electrons. The zero-order valence-electron chi connectivity index (χ0n) is 13.6. The molecule has 1 unspecified atom stereocenters. The minimum Gasteiger partial charge on any atom is -0.481 e. The van der Waals surface area contributed by atoms with Crippen molar-refractivity contribution >= 4 is 40.2 Å². The molecule has 0 radical (unpaired) electrons. The van der Waals surface area contributed by atoms with Crippen molar-refractivity contribution in [2.24, 2.45) is 5.41 Å². The van der Waals surface area contributed by atoms with E-state index in [0.29, 0.717) is 18.1 Å². The number of benzene rings is 1. The summed E-state index contributed by atoms with van der Waals surface area (Å²) in [7, 11) is 0. The van der Waals surface area contributed by atoms with Crippen LogP contribution in [-0.4, -0.2) is 45.3 Å². The molecule has 2 aromatic rings. The molecule has 1 saturated heterocycles. The van der Waals surface area contributed by atoms with Crippen LogP contribution in [0.4, 0.5) is 9.93 Å². The Bertz CT molecular complexity index is 768. The second-order valence-corrected chi connectivity index (χ2v) is 8.31. The molecule has 0 bridgehead atoms. The van der Waals surface area contributed by atoms with Gasteiger partial charge in [0.05, 0.1) is 5.41 Å². The summed E-state index contributed by atoms with van der Waals surface area (Å²) < 4.78 is 0.774. The van der Waals surface area contributed by atoms with E-state index >= 15 is 0 Å². The standard InChI is InChI=1S/C16H18N4O3S2/c1-16(12(21)22)7-8-20(10-16)14(23)17-13-18-19-15(25-13)24-9-11-5-3-2-4-6-11/h2-6H,7-10H2,1H3,(H,21,22)(H,17,18,23). The van der Waals surface area contributed by atoms with E-state index in [1.165, 1.54) is 21.8 Å². The third-order valence-electron chi connectivity index (χ3n) is 4.10. The number of carbonyl (C=O) groups is 2. The van der Waals surface area contributed by atoms with Gasteiger partial charge in [-0.1, -0.05) is 53.4 Å². The molecule has 2 heterocycles. The maximum Gasteiger partial charge on any atom is 0.323 e. The average molecular weight is 378 g/mol. The number of carbonyl (C=O) groups excluding carboxylic acids is 1. The first-order valence-corrected chi connectivity index (χ1v) is 9.56. The van der Waals surface area contributed by atoms with E-state index in [2.05, 4.69) is 15.5 Å². The number of thioether (sulfide) groups is 1. The highest BCUT2D eigenvalue weighted by molar-refractivity contribution is 8.00. The van der Waals surface area contributed by atoms with Crippen molar-refractivity contribution in [2.75, 3.05) is 18.4 Å². The van der Waals surface area contributed by atoms with Crippen LogP contribution in [0.25, 0.3) is 0 Å². The number of rotatable bonds is 5. The topological polar surface area (TPSA) is 95.4 Å². The first-order valence-electron chi connectivity index (χ1n) is 7.76. The van der Waals surface area contributed by atoms with Crippen molar-refractivity contribution in [3.05, 3.63) is 35.9 Å². The minimum atomic E-state index is -0.880. The molecule has 9 heteroatoms. The van der Waals surface area contributed by atoms with Crippen molar-refractivity contribution < 1.29 is 14.7 Å². The summed E-state index contributed by atoms with van der Waals surface area (Å²) in [5, 5.41) is 20.4. The Morgan fingerprint density at radius 2 is 2.12 bits per heavy atom. The predicted molar refractivity (Wildman–Crippen MR) is 96.9 cm³/mol. The molecular weight excluding hydrogens is 360 g/mol.